The lowest BCUT2D eigenvalue weighted by molar-refractivity contribution is 0.0600. The van der Waals surface area contributed by atoms with Crippen LogP contribution in [-0.2, 0) is 11.3 Å². The number of carbonyl (C=O) groups excluding carboxylic acids is 1. The van der Waals surface area contributed by atoms with Gasteiger partial charge in [0.25, 0.3) is 0 Å². The first-order valence-electron chi connectivity index (χ1n) is 6.77. The molecule has 4 heteroatoms. The molecule has 0 aliphatic heterocycles. The van der Waals surface area contributed by atoms with Crippen LogP contribution in [0.15, 0.2) is 48.5 Å². The Morgan fingerprint density at radius 2 is 2.00 bits per heavy atom. The maximum Gasteiger partial charge on any atom is 0.337 e. The number of methoxy groups -OCH3 is 1. The molecule has 0 saturated heterocycles. The minimum absolute atomic E-state index is 0.118. The quantitative estimate of drug-likeness (QED) is 0.856. The van der Waals surface area contributed by atoms with Crippen LogP contribution in [0.2, 0.25) is 0 Å². The maximum atomic E-state index is 13.7. The van der Waals surface area contributed by atoms with Crippen LogP contribution in [-0.4, -0.2) is 13.1 Å². The van der Waals surface area contributed by atoms with Gasteiger partial charge in [0.2, 0.25) is 0 Å². The SMILES string of the molecule is COC(=O)c1cccc(CNC(C)c2ccccc2F)c1. The summed E-state index contributed by atoms with van der Waals surface area (Å²) in [5, 5.41) is 3.25. The van der Waals surface area contributed by atoms with Crippen molar-refractivity contribution in [3.05, 3.63) is 71.0 Å². The van der Waals surface area contributed by atoms with E-state index >= 15 is 0 Å². The summed E-state index contributed by atoms with van der Waals surface area (Å²) in [5.41, 5.74) is 2.08. The van der Waals surface area contributed by atoms with Crippen LogP contribution in [0.4, 0.5) is 4.39 Å². The molecule has 0 bridgehead atoms. The molecule has 1 N–H and O–H groups in total. The first kappa shape index (κ1) is 15.2. The predicted molar refractivity (Wildman–Crippen MR) is 79.4 cm³/mol. The number of rotatable bonds is 5. The van der Waals surface area contributed by atoms with E-state index in [1.807, 2.05) is 19.1 Å². The Hall–Kier alpha value is -2.20. The van der Waals surface area contributed by atoms with Crippen LogP contribution in [0.5, 0.6) is 0 Å². The molecule has 0 aliphatic carbocycles. The van der Waals surface area contributed by atoms with Crippen LogP contribution < -0.4 is 5.32 Å². The number of hydrogen-bond donors (Lipinski definition) is 1. The number of carbonyl (C=O) groups is 1. The molecule has 0 amide bonds. The fourth-order valence-corrected chi connectivity index (χ4v) is 2.13. The van der Waals surface area contributed by atoms with Gasteiger partial charge in [-0.05, 0) is 30.7 Å². The average Bonchev–Trinajstić information content (AvgIpc) is 2.52. The summed E-state index contributed by atoms with van der Waals surface area (Å²) in [6.45, 7) is 2.45. The Morgan fingerprint density at radius 1 is 1.24 bits per heavy atom. The van der Waals surface area contributed by atoms with E-state index < -0.39 is 0 Å². The fraction of sp³-hybridized carbons (Fsp3) is 0.235. The summed E-state index contributed by atoms with van der Waals surface area (Å²) in [4.78, 5) is 11.5. The third kappa shape index (κ3) is 3.89. The van der Waals surface area contributed by atoms with Gasteiger partial charge in [-0.15, -0.1) is 0 Å². The van der Waals surface area contributed by atoms with E-state index in [9.17, 15) is 9.18 Å². The van der Waals surface area contributed by atoms with Crippen LogP contribution in [0.25, 0.3) is 0 Å². The summed E-state index contributed by atoms with van der Waals surface area (Å²) in [6.07, 6.45) is 0. The molecule has 0 spiro atoms. The highest BCUT2D eigenvalue weighted by Crippen LogP contribution is 2.17. The zero-order valence-corrected chi connectivity index (χ0v) is 12.1. The fourth-order valence-electron chi connectivity index (χ4n) is 2.13. The molecule has 2 aromatic rings. The van der Waals surface area contributed by atoms with E-state index in [1.54, 1.807) is 30.3 Å². The van der Waals surface area contributed by atoms with Gasteiger partial charge in [-0.3, -0.25) is 0 Å². The molecule has 0 aliphatic rings. The van der Waals surface area contributed by atoms with Gasteiger partial charge in [-0.25, -0.2) is 9.18 Å². The summed E-state index contributed by atoms with van der Waals surface area (Å²) in [6, 6.07) is 13.8. The number of halogens is 1. The van der Waals surface area contributed by atoms with Crippen molar-refractivity contribution < 1.29 is 13.9 Å². The molecule has 3 nitrogen and oxygen atoms in total. The van der Waals surface area contributed by atoms with Crippen LogP contribution in [0.1, 0.15) is 34.5 Å². The molecule has 0 saturated carbocycles. The lowest BCUT2D eigenvalue weighted by Gasteiger charge is -2.15. The molecule has 21 heavy (non-hydrogen) atoms. The van der Waals surface area contributed by atoms with Crippen molar-refractivity contribution >= 4 is 5.97 Å². The van der Waals surface area contributed by atoms with Gasteiger partial charge >= 0.3 is 5.97 Å². The van der Waals surface area contributed by atoms with Gasteiger partial charge < -0.3 is 10.1 Å². The largest absolute Gasteiger partial charge is 0.465 e. The van der Waals surface area contributed by atoms with Crippen molar-refractivity contribution in [2.75, 3.05) is 7.11 Å². The maximum absolute atomic E-state index is 13.7. The van der Waals surface area contributed by atoms with Crippen LogP contribution >= 0.6 is 0 Å². The van der Waals surface area contributed by atoms with Crippen molar-refractivity contribution in [2.45, 2.75) is 19.5 Å². The first-order chi connectivity index (χ1) is 10.1. The van der Waals surface area contributed by atoms with E-state index in [-0.39, 0.29) is 17.8 Å². The van der Waals surface area contributed by atoms with Gasteiger partial charge in [0, 0.05) is 18.2 Å². The van der Waals surface area contributed by atoms with Crippen LogP contribution in [0.3, 0.4) is 0 Å². The lowest BCUT2D eigenvalue weighted by Crippen LogP contribution is -2.19. The van der Waals surface area contributed by atoms with Crippen molar-refractivity contribution in [1.29, 1.82) is 0 Å². The second-order valence-corrected chi connectivity index (χ2v) is 4.82. The molecule has 110 valence electrons. The normalized spacial score (nSPS) is 12.0. The molecule has 2 rings (SSSR count). The Labute approximate surface area is 123 Å². The van der Waals surface area contributed by atoms with E-state index in [2.05, 4.69) is 5.32 Å². The topological polar surface area (TPSA) is 38.3 Å². The van der Waals surface area contributed by atoms with E-state index in [0.29, 0.717) is 17.7 Å². The van der Waals surface area contributed by atoms with Crippen molar-refractivity contribution in [3.63, 3.8) is 0 Å². The molecular weight excluding hydrogens is 269 g/mol. The minimum atomic E-state index is -0.362. The minimum Gasteiger partial charge on any atom is -0.465 e. The summed E-state index contributed by atoms with van der Waals surface area (Å²) in [5.74, 6) is -0.584. The molecule has 0 fully saturated rings. The van der Waals surface area contributed by atoms with Gasteiger partial charge in [-0.1, -0.05) is 30.3 Å². The second kappa shape index (κ2) is 6.99. The van der Waals surface area contributed by atoms with Gasteiger partial charge in [0.1, 0.15) is 5.82 Å². The van der Waals surface area contributed by atoms with Gasteiger partial charge in [-0.2, -0.15) is 0 Å². The molecular formula is C17H18FNO2. The molecule has 2 aromatic carbocycles. The number of ether oxygens (including phenoxy) is 1. The smallest absolute Gasteiger partial charge is 0.337 e. The Morgan fingerprint density at radius 3 is 2.71 bits per heavy atom. The zero-order chi connectivity index (χ0) is 15.2. The molecule has 0 heterocycles. The molecule has 1 atom stereocenters. The van der Waals surface area contributed by atoms with E-state index in [4.69, 9.17) is 4.74 Å². The van der Waals surface area contributed by atoms with E-state index in [1.165, 1.54) is 13.2 Å². The Balaban J connectivity index is 2.03. The summed E-state index contributed by atoms with van der Waals surface area (Å²) in [7, 11) is 1.35. The molecule has 0 aromatic heterocycles. The number of nitrogens with one attached hydrogen (secondary N) is 1. The number of hydrogen-bond acceptors (Lipinski definition) is 3. The van der Waals surface area contributed by atoms with Gasteiger partial charge in [0.15, 0.2) is 0 Å². The van der Waals surface area contributed by atoms with Crippen molar-refractivity contribution in [3.8, 4) is 0 Å². The van der Waals surface area contributed by atoms with Crippen LogP contribution in [0, 0.1) is 5.82 Å². The van der Waals surface area contributed by atoms with Crippen molar-refractivity contribution in [1.82, 2.24) is 5.32 Å². The molecule has 0 radical (unpaired) electrons. The molecule has 1 unspecified atom stereocenters. The highest BCUT2D eigenvalue weighted by atomic mass is 19.1. The highest BCUT2D eigenvalue weighted by Gasteiger charge is 2.10. The lowest BCUT2D eigenvalue weighted by atomic mass is 10.1. The average molecular weight is 287 g/mol. The summed E-state index contributed by atoms with van der Waals surface area (Å²) < 4.78 is 18.4. The Kier molecular flexibility index (Phi) is 5.06. The summed E-state index contributed by atoms with van der Waals surface area (Å²) >= 11 is 0. The number of benzene rings is 2. The van der Waals surface area contributed by atoms with E-state index in [0.717, 1.165) is 5.56 Å². The van der Waals surface area contributed by atoms with Crippen molar-refractivity contribution in [2.24, 2.45) is 0 Å². The third-order valence-corrected chi connectivity index (χ3v) is 3.33. The standard InChI is InChI=1S/C17H18FNO2/c1-12(15-8-3-4-9-16(15)18)19-11-13-6-5-7-14(10-13)17(20)21-2/h3-10,12,19H,11H2,1-2H3. The zero-order valence-electron chi connectivity index (χ0n) is 12.1. The van der Waals surface area contributed by atoms with Gasteiger partial charge in [0.05, 0.1) is 12.7 Å². The predicted octanol–water partition coefficient (Wildman–Crippen LogP) is 3.46. The number of esters is 1. The second-order valence-electron chi connectivity index (χ2n) is 4.82. The monoisotopic (exact) mass is 287 g/mol. The first-order valence-corrected chi connectivity index (χ1v) is 6.77. The third-order valence-electron chi connectivity index (χ3n) is 3.33. The highest BCUT2D eigenvalue weighted by molar-refractivity contribution is 5.89. The Bertz CT molecular complexity index is 628.